The van der Waals surface area contributed by atoms with Crippen LogP contribution in [0.1, 0.15) is 17.0 Å². The number of ether oxygens (including phenoxy) is 2. The van der Waals surface area contributed by atoms with Gasteiger partial charge in [0.2, 0.25) is 5.16 Å². The molecule has 1 heterocycles. The van der Waals surface area contributed by atoms with Gasteiger partial charge in [-0.1, -0.05) is 35.9 Å². The third-order valence-electron chi connectivity index (χ3n) is 3.81. The molecule has 0 radical (unpaired) electrons. The van der Waals surface area contributed by atoms with Crippen LogP contribution in [0.15, 0.2) is 52.5 Å². The number of aromatic amines is 1. The Bertz CT molecular complexity index is 1050. The molecule has 3 rings (SSSR count). The molecule has 9 heteroatoms. The number of nitrogens with one attached hydrogen (secondary N) is 1. The van der Waals surface area contributed by atoms with Crippen molar-refractivity contribution in [1.82, 2.24) is 15.2 Å². The Morgan fingerprint density at radius 1 is 1.28 bits per heavy atom. The monoisotopic (exact) mass is 430 g/mol. The summed E-state index contributed by atoms with van der Waals surface area (Å²) in [5.74, 6) is 0.237. The van der Waals surface area contributed by atoms with Crippen LogP contribution >= 0.6 is 23.4 Å². The molecule has 0 spiro atoms. The Balaban J connectivity index is 1.80. The van der Waals surface area contributed by atoms with E-state index in [-0.39, 0.29) is 11.5 Å². The standard InChI is InChI=1S/C20H18ClN3O4S/c1-12-22-20(24-23-12)29-18(19(25)26)10-13-7-8-16(17(9-13)27-2)28-11-14-5-3-4-6-15(14)21/h3-10H,11H2,1-2H3,(H,25,26)(H,22,23,24)/p-1/b18-10-. The predicted octanol–water partition coefficient (Wildman–Crippen LogP) is 3.24. The van der Waals surface area contributed by atoms with Gasteiger partial charge in [0.25, 0.3) is 0 Å². The van der Waals surface area contributed by atoms with Gasteiger partial charge in [0, 0.05) is 15.5 Å². The van der Waals surface area contributed by atoms with Crippen molar-refractivity contribution in [3.8, 4) is 11.5 Å². The van der Waals surface area contributed by atoms with Crippen LogP contribution in [0.25, 0.3) is 6.08 Å². The zero-order valence-electron chi connectivity index (χ0n) is 15.6. The number of hydrogen-bond acceptors (Lipinski definition) is 7. The lowest BCUT2D eigenvalue weighted by Gasteiger charge is -2.13. The van der Waals surface area contributed by atoms with Gasteiger partial charge < -0.3 is 19.4 Å². The molecule has 0 aliphatic heterocycles. The summed E-state index contributed by atoms with van der Waals surface area (Å²) in [4.78, 5) is 15.6. The molecule has 1 N–H and O–H groups in total. The maximum Gasteiger partial charge on any atom is 0.213 e. The average molecular weight is 431 g/mol. The fraction of sp³-hybridized carbons (Fsp3) is 0.150. The van der Waals surface area contributed by atoms with E-state index in [1.807, 2.05) is 18.2 Å². The van der Waals surface area contributed by atoms with E-state index < -0.39 is 5.97 Å². The van der Waals surface area contributed by atoms with Gasteiger partial charge in [-0.25, -0.2) is 4.98 Å². The maximum atomic E-state index is 11.5. The molecule has 7 nitrogen and oxygen atoms in total. The second-order valence-corrected chi connectivity index (χ2v) is 7.31. The fourth-order valence-electron chi connectivity index (χ4n) is 2.41. The first kappa shape index (κ1) is 20.8. The van der Waals surface area contributed by atoms with Crippen LogP contribution in [-0.4, -0.2) is 28.3 Å². The highest BCUT2D eigenvalue weighted by Gasteiger charge is 2.10. The predicted molar refractivity (Wildman–Crippen MR) is 109 cm³/mol. The molecule has 0 bridgehead atoms. The van der Waals surface area contributed by atoms with Crippen LogP contribution in [0.2, 0.25) is 5.02 Å². The highest BCUT2D eigenvalue weighted by molar-refractivity contribution is 8.04. The summed E-state index contributed by atoms with van der Waals surface area (Å²) in [6.07, 6.45) is 1.46. The second-order valence-electron chi connectivity index (χ2n) is 5.89. The van der Waals surface area contributed by atoms with Gasteiger partial charge in [-0.15, -0.1) is 5.10 Å². The summed E-state index contributed by atoms with van der Waals surface area (Å²) in [5.41, 5.74) is 1.45. The van der Waals surface area contributed by atoms with Crippen molar-refractivity contribution in [2.45, 2.75) is 18.7 Å². The summed E-state index contributed by atoms with van der Waals surface area (Å²) >= 11 is 7.05. The first-order valence-electron chi connectivity index (χ1n) is 8.50. The normalized spacial score (nSPS) is 11.3. The topological polar surface area (TPSA) is 100 Å². The van der Waals surface area contributed by atoms with Crippen LogP contribution in [0.3, 0.4) is 0 Å². The molecule has 0 saturated carbocycles. The number of carbonyl (C=O) groups is 1. The number of hydrogen-bond donors (Lipinski definition) is 1. The van der Waals surface area contributed by atoms with Gasteiger partial charge in [0.05, 0.1) is 13.1 Å². The van der Waals surface area contributed by atoms with Gasteiger partial charge in [-0.05, 0) is 48.5 Å². The van der Waals surface area contributed by atoms with Gasteiger partial charge >= 0.3 is 0 Å². The van der Waals surface area contributed by atoms with Crippen molar-refractivity contribution in [2.24, 2.45) is 0 Å². The van der Waals surface area contributed by atoms with Gasteiger partial charge in [-0.3, -0.25) is 5.10 Å². The number of carboxylic acids is 1. The van der Waals surface area contributed by atoms with Gasteiger partial charge in [0.15, 0.2) is 11.5 Å². The number of aliphatic carboxylic acids is 1. The number of aryl methyl sites for hydroxylation is 1. The zero-order valence-corrected chi connectivity index (χ0v) is 17.2. The van der Waals surface area contributed by atoms with E-state index in [9.17, 15) is 9.90 Å². The number of carboxylic acid groups (broad SMARTS) is 1. The minimum Gasteiger partial charge on any atom is -0.544 e. The molecular formula is C20H17ClN3O4S-. The summed E-state index contributed by atoms with van der Waals surface area (Å²) in [5, 5.41) is 19.0. The Morgan fingerprint density at radius 2 is 2.07 bits per heavy atom. The molecular weight excluding hydrogens is 414 g/mol. The van der Waals surface area contributed by atoms with Crippen LogP contribution in [0, 0.1) is 6.92 Å². The lowest BCUT2D eigenvalue weighted by atomic mass is 10.2. The number of aromatic nitrogens is 3. The number of benzene rings is 2. The summed E-state index contributed by atoms with van der Waals surface area (Å²) < 4.78 is 11.2. The first-order chi connectivity index (χ1) is 14.0. The number of rotatable bonds is 8. The molecule has 0 aliphatic rings. The molecule has 0 unspecified atom stereocenters. The summed E-state index contributed by atoms with van der Waals surface area (Å²) in [6, 6.07) is 12.5. The highest BCUT2D eigenvalue weighted by Crippen LogP contribution is 2.32. The number of thioether (sulfide) groups is 1. The molecule has 0 aliphatic carbocycles. The summed E-state index contributed by atoms with van der Waals surface area (Å²) in [6.45, 7) is 2.00. The van der Waals surface area contributed by atoms with Crippen molar-refractivity contribution < 1.29 is 19.4 Å². The quantitative estimate of drug-likeness (QED) is 0.432. The van der Waals surface area contributed by atoms with Crippen molar-refractivity contribution in [2.75, 3.05) is 7.11 Å². The third kappa shape index (κ3) is 5.52. The van der Waals surface area contributed by atoms with Crippen molar-refractivity contribution >= 4 is 35.4 Å². The van der Waals surface area contributed by atoms with Crippen molar-refractivity contribution in [3.05, 3.63) is 69.3 Å². The Kier molecular flexibility index (Phi) is 6.79. The largest absolute Gasteiger partial charge is 0.544 e. The van der Waals surface area contributed by atoms with E-state index in [2.05, 4.69) is 15.2 Å². The minimum atomic E-state index is -1.32. The van der Waals surface area contributed by atoms with Crippen LogP contribution in [0.4, 0.5) is 0 Å². The molecule has 1 aromatic heterocycles. The molecule has 3 aromatic rings. The van der Waals surface area contributed by atoms with E-state index in [1.54, 1.807) is 31.2 Å². The lowest BCUT2D eigenvalue weighted by Crippen LogP contribution is -2.23. The Hall–Kier alpha value is -2.97. The molecule has 0 saturated heterocycles. The molecule has 2 aromatic carbocycles. The SMILES string of the molecule is COc1cc(/C=C(\Sc2n[nH]c(C)n2)C(=O)[O-])ccc1OCc1ccccc1Cl. The van der Waals surface area contributed by atoms with E-state index in [4.69, 9.17) is 21.1 Å². The maximum absolute atomic E-state index is 11.5. The third-order valence-corrected chi connectivity index (χ3v) is 5.04. The van der Waals surface area contributed by atoms with E-state index in [1.165, 1.54) is 13.2 Å². The molecule has 0 fully saturated rings. The Labute approximate surface area is 176 Å². The molecule has 0 amide bonds. The van der Waals surface area contributed by atoms with Crippen LogP contribution in [0.5, 0.6) is 11.5 Å². The Morgan fingerprint density at radius 3 is 2.72 bits per heavy atom. The number of halogens is 1. The lowest BCUT2D eigenvalue weighted by molar-refractivity contribution is -0.297. The summed E-state index contributed by atoms with van der Waals surface area (Å²) in [7, 11) is 1.51. The van der Waals surface area contributed by atoms with E-state index in [0.717, 1.165) is 17.3 Å². The minimum absolute atomic E-state index is 0.0317. The van der Waals surface area contributed by atoms with E-state index in [0.29, 0.717) is 33.1 Å². The molecule has 29 heavy (non-hydrogen) atoms. The average Bonchev–Trinajstić information content (AvgIpc) is 3.12. The number of methoxy groups -OCH3 is 1. The van der Waals surface area contributed by atoms with Crippen LogP contribution < -0.4 is 14.6 Å². The number of H-pyrrole nitrogens is 1. The number of nitrogens with zero attached hydrogens (tertiary/aromatic N) is 2. The smallest absolute Gasteiger partial charge is 0.213 e. The van der Waals surface area contributed by atoms with E-state index >= 15 is 0 Å². The second kappa shape index (κ2) is 9.49. The van der Waals surface area contributed by atoms with Crippen molar-refractivity contribution in [3.63, 3.8) is 0 Å². The molecule has 150 valence electrons. The van der Waals surface area contributed by atoms with Gasteiger partial charge in [0.1, 0.15) is 12.4 Å². The van der Waals surface area contributed by atoms with Crippen LogP contribution in [-0.2, 0) is 11.4 Å². The zero-order chi connectivity index (χ0) is 20.8. The first-order valence-corrected chi connectivity index (χ1v) is 9.70. The molecule has 0 atom stereocenters. The highest BCUT2D eigenvalue weighted by atomic mass is 35.5. The fourth-order valence-corrected chi connectivity index (χ4v) is 3.35. The number of carbonyl (C=O) groups excluding carboxylic acids is 1. The van der Waals surface area contributed by atoms with Crippen molar-refractivity contribution in [1.29, 1.82) is 0 Å². The van der Waals surface area contributed by atoms with Gasteiger partial charge in [-0.2, -0.15) is 0 Å².